The van der Waals surface area contributed by atoms with Crippen LogP contribution in [0.25, 0.3) is 0 Å². The van der Waals surface area contributed by atoms with Crippen molar-refractivity contribution in [3.05, 3.63) is 57.0 Å². The van der Waals surface area contributed by atoms with Crippen molar-refractivity contribution in [2.24, 2.45) is 0 Å². The van der Waals surface area contributed by atoms with Crippen LogP contribution >= 0.6 is 50.7 Å². The van der Waals surface area contributed by atoms with Crippen LogP contribution in [0.2, 0.25) is 10.0 Å². The van der Waals surface area contributed by atoms with Crippen LogP contribution < -0.4 is 4.31 Å². The second kappa shape index (κ2) is 7.40. The summed E-state index contributed by atoms with van der Waals surface area (Å²) >= 11 is 20.5. The summed E-state index contributed by atoms with van der Waals surface area (Å²) in [4.78, 5) is 11.3. The highest BCUT2D eigenvalue weighted by Gasteiger charge is 2.27. The molecule has 0 amide bonds. The average molecular weight is 458 g/mol. The Labute approximate surface area is 157 Å². The molecule has 0 saturated carbocycles. The van der Waals surface area contributed by atoms with E-state index < -0.39 is 21.8 Å². The number of hydrogen-bond donors (Lipinski definition) is 0. The number of carbonyl (C=O) groups is 1. The first-order valence-electron chi connectivity index (χ1n) is 6.13. The molecule has 0 radical (unpaired) electrons. The first kappa shape index (κ1) is 18.5. The van der Waals surface area contributed by atoms with Crippen LogP contribution in [0.1, 0.15) is 0 Å². The van der Waals surface area contributed by atoms with Crippen molar-refractivity contribution < 1.29 is 13.2 Å². The number of carbonyl (C=O) groups excluding carboxylic acids is 1. The molecule has 0 saturated heterocycles. The van der Waals surface area contributed by atoms with Crippen LogP contribution in [0.5, 0.6) is 0 Å². The lowest BCUT2D eigenvalue weighted by atomic mass is 10.3. The summed E-state index contributed by atoms with van der Waals surface area (Å²) in [5, 5.41) is -0.349. The Kier molecular flexibility index (Phi) is 5.97. The van der Waals surface area contributed by atoms with Gasteiger partial charge in [-0.05, 0) is 54.1 Å². The summed E-state index contributed by atoms with van der Waals surface area (Å²) in [7, 11) is -4.01. The first-order valence-corrected chi connectivity index (χ1v) is 9.49. The van der Waals surface area contributed by atoms with Crippen molar-refractivity contribution in [1.29, 1.82) is 0 Å². The Morgan fingerprint density at radius 3 is 2.04 bits per heavy atom. The predicted octanol–water partition coefficient (Wildman–Crippen LogP) is 4.72. The number of anilines is 1. The zero-order valence-corrected chi connectivity index (χ0v) is 16.0. The topological polar surface area (TPSA) is 54.5 Å². The molecule has 0 aliphatic carbocycles. The molecule has 0 atom stereocenters. The largest absolute Gasteiger partial charge is 0.279 e. The number of benzene rings is 2. The molecule has 0 aromatic heterocycles. The lowest BCUT2D eigenvalue weighted by molar-refractivity contribution is -0.110. The number of nitrogens with zero attached hydrogens (tertiary/aromatic N) is 1. The monoisotopic (exact) mass is 455 g/mol. The lowest BCUT2D eigenvalue weighted by Gasteiger charge is -2.23. The maximum absolute atomic E-state index is 12.8. The fourth-order valence-electron chi connectivity index (χ4n) is 1.85. The number of rotatable bonds is 5. The molecule has 0 aliphatic rings. The van der Waals surface area contributed by atoms with E-state index in [1.807, 2.05) is 0 Å². The van der Waals surface area contributed by atoms with Crippen molar-refractivity contribution in [1.82, 2.24) is 0 Å². The molecule has 0 heterocycles. The van der Waals surface area contributed by atoms with Crippen LogP contribution in [0.15, 0.2) is 51.8 Å². The van der Waals surface area contributed by atoms with Gasteiger partial charge in [-0.1, -0.05) is 39.1 Å². The van der Waals surface area contributed by atoms with Gasteiger partial charge in [-0.3, -0.25) is 9.10 Å². The Morgan fingerprint density at radius 2 is 1.57 bits per heavy atom. The summed E-state index contributed by atoms with van der Waals surface area (Å²) in [5.41, 5.74) is 0.152. The van der Waals surface area contributed by atoms with Gasteiger partial charge in [0.25, 0.3) is 10.0 Å². The molecule has 4 nitrogen and oxygen atoms in total. The standard InChI is InChI=1S/C14H9BrCl3NO3S/c15-9-1-3-13(4-2-9)23(21,22)19(8-14(18)20)12-6-10(16)5-11(17)7-12/h1-7H,8H2. The van der Waals surface area contributed by atoms with Gasteiger partial charge in [0, 0.05) is 14.5 Å². The third-order valence-electron chi connectivity index (χ3n) is 2.80. The van der Waals surface area contributed by atoms with E-state index in [1.54, 1.807) is 12.1 Å². The van der Waals surface area contributed by atoms with E-state index in [4.69, 9.17) is 34.8 Å². The Balaban J connectivity index is 2.57. The van der Waals surface area contributed by atoms with Crippen LogP contribution in [0, 0.1) is 0 Å². The molecule has 2 aromatic rings. The molecule has 0 N–H and O–H groups in total. The maximum Gasteiger partial charge on any atom is 0.264 e. The fourth-order valence-corrected chi connectivity index (χ4v) is 4.22. The van der Waals surface area contributed by atoms with Gasteiger partial charge in [0.2, 0.25) is 5.24 Å². The fraction of sp³-hybridized carbons (Fsp3) is 0.0714. The third-order valence-corrected chi connectivity index (χ3v) is 5.68. The second-order valence-electron chi connectivity index (χ2n) is 4.45. The van der Waals surface area contributed by atoms with Crippen molar-refractivity contribution >= 4 is 71.7 Å². The smallest absolute Gasteiger partial charge is 0.264 e. The van der Waals surface area contributed by atoms with E-state index >= 15 is 0 Å². The summed E-state index contributed by atoms with van der Waals surface area (Å²) in [6, 6.07) is 10.2. The Bertz CT molecular complexity index is 821. The number of sulfonamides is 1. The molecule has 0 aliphatic heterocycles. The molecule has 122 valence electrons. The van der Waals surface area contributed by atoms with Gasteiger partial charge in [-0.25, -0.2) is 8.42 Å². The van der Waals surface area contributed by atoms with E-state index in [2.05, 4.69) is 15.9 Å². The molecule has 2 rings (SSSR count). The molecular weight excluding hydrogens is 448 g/mol. The van der Waals surface area contributed by atoms with Gasteiger partial charge in [0.15, 0.2) is 0 Å². The Hall–Kier alpha value is -0.790. The Morgan fingerprint density at radius 1 is 1.04 bits per heavy atom. The second-order valence-corrected chi connectivity index (χ2v) is 8.52. The van der Waals surface area contributed by atoms with E-state index in [-0.39, 0.29) is 20.6 Å². The average Bonchev–Trinajstić information content (AvgIpc) is 2.43. The van der Waals surface area contributed by atoms with Gasteiger partial charge in [0.1, 0.15) is 6.54 Å². The number of halogens is 4. The highest BCUT2D eigenvalue weighted by atomic mass is 79.9. The SMILES string of the molecule is O=C(Cl)CN(c1cc(Cl)cc(Cl)c1)S(=O)(=O)c1ccc(Br)cc1. The molecule has 0 fully saturated rings. The van der Waals surface area contributed by atoms with Gasteiger partial charge in [0.05, 0.1) is 10.6 Å². The van der Waals surface area contributed by atoms with Crippen LogP contribution in [-0.4, -0.2) is 20.2 Å². The van der Waals surface area contributed by atoms with Crippen LogP contribution in [0.3, 0.4) is 0 Å². The third kappa shape index (κ3) is 4.61. The lowest BCUT2D eigenvalue weighted by Crippen LogP contribution is -2.34. The minimum atomic E-state index is -4.01. The highest BCUT2D eigenvalue weighted by Crippen LogP contribution is 2.30. The van der Waals surface area contributed by atoms with Crippen LogP contribution in [0.4, 0.5) is 5.69 Å². The minimum Gasteiger partial charge on any atom is -0.279 e. The van der Waals surface area contributed by atoms with Crippen molar-refractivity contribution in [3.8, 4) is 0 Å². The van der Waals surface area contributed by atoms with E-state index in [9.17, 15) is 13.2 Å². The van der Waals surface area contributed by atoms with E-state index in [0.717, 1.165) is 8.78 Å². The van der Waals surface area contributed by atoms with Crippen molar-refractivity contribution in [2.45, 2.75) is 4.90 Å². The van der Waals surface area contributed by atoms with Crippen molar-refractivity contribution in [3.63, 3.8) is 0 Å². The summed E-state index contributed by atoms with van der Waals surface area (Å²) in [6.07, 6.45) is 0. The van der Waals surface area contributed by atoms with E-state index in [1.165, 1.54) is 30.3 Å². The summed E-state index contributed by atoms with van der Waals surface area (Å²) in [6.45, 7) is -0.545. The van der Waals surface area contributed by atoms with E-state index in [0.29, 0.717) is 0 Å². The molecule has 0 bridgehead atoms. The molecule has 0 spiro atoms. The number of hydrogen-bond acceptors (Lipinski definition) is 3. The molecule has 0 unspecified atom stereocenters. The van der Waals surface area contributed by atoms with Gasteiger partial charge in [-0.15, -0.1) is 0 Å². The predicted molar refractivity (Wildman–Crippen MR) is 96.0 cm³/mol. The molecule has 2 aromatic carbocycles. The van der Waals surface area contributed by atoms with Gasteiger partial charge < -0.3 is 0 Å². The van der Waals surface area contributed by atoms with Gasteiger partial charge in [-0.2, -0.15) is 0 Å². The minimum absolute atomic E-state index is 0.00900. The van der Waals surface area contributed by atoms with Crippen LogP contribution in [-0.2, 0) is 14.8 Å². The first-order chi connectivity index (χ1) is 10.7. The summed E-state index contributed by atoms with van der Waals surface area (Å²) in [5.74, 6) is 0. The molecular formula is C14H9BrCl3NO3S. The summed E-state index contributed by atoms with van der Waals surface area (Å²) < 4.78 is 27.2. The quantitative estimate of drug-likeness (QED) is 0.611. The van der Waals surface area contributed by atoms with Crippen molar-refractivity contribution in [2.75, 3.05) is 10.8 Å². The zero-order valence-electron chi connectivity index (χ0n) is 11.3. The normalized spacial score (nSPS) is 11.3. The molecule has 23 heavy (non-hydrogen) atoms. The van der Waals surface area contributed by atoms with Gasteiger partial charge >= 0.3 is 0 Å². The molecule has 9 heteroatoms. The maximum atomic E-state index is 12.8. The highest BCUT2D eigenvalue weighted by molar-refractivity contribution is 9.10. The zero-order chi connectivity index (χ0) is 17.2.